The first-order valence-electron chi connectivity index (χ1n) is 9.38. The molecule has 1 atom stereocenters. The maximum Gasteiger partial charge on any atom is 0.328 e. The fraction of sp³-hybridized carbons (Fsp3) is 0.364. The van der Waals surface area contributed by atoms with Crippen molar-refractivity contribution in [1.29, 1.82) is 0 Å². The van der Waals surface area contributed by atoms with Gasteiger partial charge in [0.15, 0.2) is 11.6 Å². The zero-order valence-electron chi connectivity index (χ0n) is 16.9. The number of ether oxygens (including phenoxy) is 2. The smallest absolute Gasteiger partial charge is 0.328 e. The highest BCUT2D eigenvalue weighted by Crippen LogP contribution is 2.24. The molecule has 0 aliphatic carbocycles. The minimum Gasteiger partial charge on any atom is -0.494 e. The number of amides is 1. The van der Waals surface area contributed by atoms with E-state index in [-0.39, 0.29) is 18.2 Å². The first kappa shape index (κ1) is 20.8. The van der Waals surface area contributed by atoms with Crippen molar-refractivity contribution in [3.63, 3.8) is 0 Å². The number of halogens is 1. The second-order valence-electron chi connectivity index (χ2n) is 7.17. The fourth-order valence-electron chi connectivity index (χ4n) is 3.63. The molecular formula is C22H25FN2O4. The molecule has 0 N–H and O–H groups in total. The number of carbonyl (C=O) groups excluding carboxylic acids is 2. The Hall–Kier alpha value is -2.93. The molecular weight excluding hydrogens is 375 g/mol. The highest BCUT2D eigenvalue weighted by atomic mass is 19.1. The molecule has 2 aromatic carbocycles. The minimum atomic E-state index is -0.644. The van der Waals surface area contributed by atoms with E-state index in [2.05, 4.69) is 0 Å². The van der Waals surface area contributed by atoms with Crippen molar-refractivity contribution in [3.8, 4) is 5.75 Å². The molecule has 1 amide bonds. The number of hydrogen-bond donors (Lipinski definition) is 0. The number of benzene rings is 2. The van der Waals surface area contributed by atoms with Crippen LogP contribution in [-0.2, 0) is 33.8 Å². The summed E-state index contributed by atoms with van der Waals surface area (Å²) in [5.74, 6) is -0.859. The van der Waals surface area contributed by atoms with Crippen LogP contribution in [-0.4, -0.2) is 55.5 Å². The SMILES string of the molecule is COC(=O)C1Cc2ccccc2CN1C(=O)CN(C)Cc1ccc(OC)c(F)c1. The van der Waals surface area contributed by atoms with Crippen molar-refractivity contribution in [2.75, 3.05) is 27.8 Å². The number of fused-ring (bicyclic) bond motifs is 1. The Kier molecular flexibility index (Phi) is 6.49. The Morgan fingerprint density at radius 1 is 1.17 bits per heavy atom. The van der Waals surface area contributed by atoms with E-state index in [0.29, 0.717) is 19.5 Å². The van der Waals surface area contributed by atoms with Crippen LogP contribution in [0.2, 0.25) is 0 Å². The number of esters is 1. The highest BCUT2D eigenvalue weighted by Gasteiger charge is 2.35. The number of nitrogens with zero attached hydrogens (tertiary/aromatic N) is 2. The van der Waals surface area contributed by atoms with Crippen molar-refractivity contribution in [1.82, 2.24) is 9.80 Å². The third kappa shape index (κ3) is 4.74. The van der Waals surface area contributed by atoms with Gasteiger partial charge in [0.25, 0.3) is 0 Å². The molecule has 0 radical (unpaired) electrons. The summed E-state index contributed by atoms with van der Waals surface area (Å²) >= 11 is 0. The summed E-state index contributed by atoms with van der Waals surface area (Å²) in [7, 11) is 4.53. The van der Waals surface area contributed by atoms with Gasteiger partial charge in [0.2, 0.25) is 5.91 Å². The van der Waals surface area contributed by atoms with E-state index in [1.54, 1.807) is 29.0 Å². The molecule has 0 spiro atoms. The molecule has 0 saturated heterocycles. The van der Waals surface area contributed by atoms with Gasteiger partial charge in [-0.15, -0.1) is 0 Å². The predicted octanol–water partition coefficient (Wildman–Crippen LogP) is 2.39. The average Bonchev–Trinajstić information content (AvgIpc) is 2.72. The number of rotatable bonds is 6. The molecule has 0 aromatic heterocycles. The Morgan fingerprint density at radius 2 is 1.90 bits per heavy atom. The van der Waals surface area contributed by atoms with E-state index in [9.17, 15) is 14.0 Å². The molecule has 6 nitrogen and oxygen atoms in total. The summed E-state index contributed by atoms with van der Waals surface area (Å²) in [6, 6.07) is 11.9. The molecule has 1 aliphatic rings. The van der Waals surface area contributed by atoms with Gasteiger partial charge in [-0.05, 0) is 35.9 Å². The zero-order valence-corrected chi connectivity index (χ0v) is 16.9. The van der Waals surface area contributed by atoms with Crippen LogP contribution in [0.3, 0.4) is 0 Å². The second-order valence-corrected chi connectivity index (χ2v) is 7.17. The van der Waals surface area contributed by atoms with E-state index in [4.69, 9.17) is 9.47 Å². The topological polar surface area (TPSA) is 59.1 Å². The van der Waals surface area contributed by atoms with Crippen molar-refractivity contribution in [3.05, 3.63) is 65.0 Å². The summed E-state index contributed by atoms with van der Waals surface area (Å²) in [6.45, 7) is 0.850. The van der Waals surface area contributed by atoms with Gasteiger partial charge in [0.05, 0.1) is 20.8 Å². The van der Waals surface area contributed by atoms with Crippen LogP contribution in [0.1, 0.15) is 16.7 Å². The van der Waals surface area contributed by atoms with E-state index >= 15 is 0 Å². The fourth-order valence-corrected chi connectivity index (χ4v) is 3.63. The lowest BCUT2D eigenvalue weighted by molar-refractivity contribution is -0.154. The van der Waals surface area contributed by atoms with Crippen LogP contribution in [0.5, 0.6) is 5.75 Å². The van der Waals surface area contributed by atoms with E-state index in [1.165, 1.54) is 20.3 Å². The quantitative estimate of drug-likeness (QED) is 0.697. The molecule has 2 aromatic rings. The van der Waals surface area contributed by atoms with Crippen LogP contribution < -0.4 is 4.74 Å². The Bertz CT molecular complexity index is 902. The standard InChI is InChI=1S/C22H25FN2O4/c1-24(12-15-8-9-20(28-2)18(23)10-15)14-21(26)25-13-17-7-5-4-6-16(17)11-19(25)22(27)29-3/h4-10,19H,11-14H2,1-3H3. The van der Waals surface area contributed by atoms with Gasteiger partial charge in [-0.2, -0.15) is 0 Å². The summed E-state index contributed by atoms with van der Waals surface area (Å²) in [4.78, 5) is 28.6. The largest absolute Gasteiger partial charge is 0.494 e. The number of likely N-dealkylation sites (N-methyl/N-ethyl adjacent to an activating group) is 1. The summed E-state index contributed by atoms with van der Waals surface area (Å²) < 4.78 is 23.8. The lowest BCUT2D eigenvalue weighted by Gasteiger charge is -2.36. The van der Waals surface area contributed by atoms with E-state index in [0.717, 1.165) is 16.7 Å². The molecule has 1 heterocycles. The van der Waals surface area contributed by atoms with Crippen LogP contribution in [0.25, 0.3) is 0 Å². The third-order valence-corrected chi connectivity index (χ3v) is 5.12. The Balaban J connectivity index is 1.70. The first-order chi connectivity index (χ1) is 13.9. The number of methoxy groups -OCH3 is 2. The lowest BCUT2D eigenvalue weighted by atomic mass is 9.94. The van der Waals surface area contributed by atoms with Crippen molar-refractivity contribution in [2.24, 2.45) is 0 Å². The monoisotopic (exact) mass is 400 g/mol. The maximum absolute atomic E-state index is 13.9. The molecule has 0 bridgehead atoms. The van der Waals surface area contributed by atoms with Crippen molar-refractivity contribution in [2.45, 2.75) is 25.6 Å². The van der Waals surface area contributed by atoms with Crippen molar-refractivity contribution < 1.29 is 23.5 Å². The van der Waals surface area contributed by atoms with Gasteiger partial charge in [-0.1, -0.05) is 30.3 Å². The van der Waals surface area contributed by atoms with Gasteiger partial charge in [0, 0.05) is 19.5 Å². The number of carbonyl (C=O) groups is 2. The molecule has 29 heavy (non-hydrogen) atoms. The average molecular weight is 400 g/mol. The predicted molar refractivity (Wildman–Crippen MR) is 106 cm³/mol. The van der Waals surface area contributed by atoms with Crippen LogP contribution >= 0.6 is 0 Å². The summed E-state index contributed by atoms with van der Waals surface area (Å²) in [5, 5.41) is 0. The van der Waals surface area contributed by atoms with Gasteiger partial charge in [0.1, 0.15) is 6.04 Å². The zero-order chi connectivity index (χ0) is 21.0. The van der Waals surface area contributed by atoms with Crippen molar-refractivity contribution >= 4 is 11.9 Å². The summed E-state index contributed by atoms with van der Waals surface area (Å²) in [5.41, 5.74) is 2.81. The molecule has 7 heteroatoms. The molecule has 0 fully saturated rings. The molecule has 3 rings (SSSR count). The molecule has 1 unspecified atom stereocenters. The molecule has 0 saturated carbocycles. The van der Waals surface area contributed by atoms with E-state index < -0.39 is 17.8 Å². The molecule has 154 valence electrons. The lowest BCUT2D eigenvalue weighted by Crippen LogP contribution is -2.51. The first-order valence-corrected chi connectivity index (χ1v) is 9.38. The van der Waals surface area contributed by atoms with Gasteiger partial charge in [-0.3, -0.25) is 9.69 Å². The third-order valence-electron chi connectivity index (χ3n) is 5.12. The highest BCUT2D eigenvalue weighted by molar-refractivity contribution is 5.86. The second kappa shape index (κ2) is 9.05. The van der Waals surface area contributed by atoms with Gasteiger partial charge in [-0.25, -0.2) is 9.18 Å². The van der Waals surface area contributed by atoms with Gasteiger partial charge >= 0.3 is 5.97 Å². The summed E-state index contributed by atoms with van der Waals surface area (Å²) in [6.07, 6.45) is 0.433. The van der Waals surface area contributed by atoms with Gasteiger partial charge < -0.3 is 14.4 Å². The molecule has 1 aliphatic heterocycles. The number of hydrogen-bond acceptors (Lipinski definition) is 5. The normalized spacial score (nSPS) is 15.8. The Labute approximate surface area is 169 Å². The maximum atomic E-state index is 13.9. The van der Waals surface area contributed by atoms with Crippen LogP contribution in [0, 0.1) is 5.82 Å². The Morgan fingerprint density at radius 3 is 2.55 bits per heavy atom. The van der Waals surface area contributed by atoms with Crippen LogP contribution in [0.15, 0.2) is 42.5 Å². The van der Waals surface area contributed by atoms with Crippen LogP contribution in [0.4, 0.5) is 4.39 Å². The minimum absolute atomic E-state index is 0.101. The van der Waals surface area contributed by atoms with E-state index in [1.807, 2.05) is 24.3 Å².